The molecule has 4 heterocycles. The van der Waals surface area contributed by atoms with Crippen LogP contribution in [0.4, 0.5) is 14.6 Å². The largest absolute Gasteiger partial charge is 0.364 e. The van der Waals surface area contributed by atoms with Gasteiger partial charge in [-0.05, 0) is 29.8 Å². The van der Waals surface area contributed by atoms with Crippen molar-refractivity contribution < 1.29 is 17.2 Å². The third-order valence-electron chi connectivity index (χ3n) is 4.57. The Kier molecular flexibility index (Phi) is 5.17. The van der Waals surface area contributed by atoms with Crippen molar-refractivity contribution in [3.8, 4) is 0 Å². The number of fused-ring (bicyclic) bond motifs is 1. The topological polar surface area (TPSA) is 101 Å². The number of hydrogen-bond acceptors (Lipinski definition) is 6. The van der Waals surface area contributed by atoms with Gasteiger partial charge in [0.15, 0.2) is 9.84 Å². The number of sulfone groups is 1. The van der Waals surface area contributed by atoms with Crippen LogP contribution in [0.2, 0.25) is 0 Å². The van der Waals surface area contributed by atoms with E-state index in [1.165, 1.54) is 24.4 Å². The first kappa shape index (κ1) is 19.9. The predicted octanol–water partition coefficient (Wildman–Crippen LogP) is 3.24. The first-order chi connectivity index (χ1) is 14.3. The molecular formula is C20H17F2N5O2S. The molecule has 2 N–H and O–H groups in total. The molecule has 0 aliphatic rings. The van der Waals surface area contributed by atoms with Gasteiger partial charge in [0.2, 0.25) is 5.95 Å². The molecule has 4 aromatic rings. The van der Waals surface area contributed by atoms with E-state index in [4.69, 9.17) is 0 Å². The van der Waals surface area contributed by atoms with Crippen molar-refractivity contribution in [3.63, 3.8) is 0 Å². The van der Waals surface area contributed by atoms with Crippen molar-refractivity contribution >= 4 is 26.7 Å². The highest BCUT2D eigenvalue weighted by Gasteiger charge is 2.14. The van der Waals surface area contributed by atoms with Crippen LogP contribution in [-0.2, 0) is 22.8 Å². The monoisotopic (exact) mass is 429 g/mol. The van der Waals surface area contributed by atoms with Crippen molar-refractivity contribution in [3.05, 3.63) is 77.5 Å². The first-order valence-electron chi connectivity index (χ1n) is 8.95. The number of hydrogen-bond donors (Lipinski definition) is 2. The number of pyridine rings is 3. The lowest BCUT2D eigenvalue weighted by Crippen LogP contribution is -2.05. The third-order valence-corrected chi connectivity index (χ3v) is 5.65. The van der Waals surface area contributed by atoms with Crippen molar-refractivity contribution in [2.75, 3.05) is 11.6 Å². The lowest BCUT2D eigenvalue weighted by atomic mass is 10.1. The molecular weight excluding hydrogens is 412 g/mol. The summed E-state index contributed by atoms with van der Waals surface area (Å²) in [7, 11) is -3.40. The highest BCUT2D eigenvalue weighted by atomic mass is 32.2. The Bertz CT molecular complexity index is 1320. The minimum Gasteiger partial charge on any atom is -0.364 e. The molecule has 0 aliphatic carbocycles. The number of halogens is 2. The Morgan fingerprint density at radius 3 is 2.60 bits per heavy atom. The van der Waals surface area contributed by atoms with E-state index >= 15 is 0 Å². The van der Waals surface area contributed by atoms with Crippen molar-refractivity contribution in [1.29, 1.82) is 0 Å². The molecule has 0 fully saturated rings. The second-order valence-corrected chi connectivity index (χ2v) is 8.81. The van der Waals surface area contributed by atoms with Gasteiger partial charge in [-0.15, -0.1) is 0 Å². The Hall–Kier alpha value is -3.40. The Morgan fingerprint density at radius 1 is 1.07 bits per heavy atom. The maximum Gasteiger partial charge on any atom is 0.218 e. The number of aromatic nitrogens is 4. The van der Waals surface area contributed by atoms with Gasteiger partial charge in [0.25, 0.3) is 0 Å². The molecule has 0 amide bonds. The highest BCUT2D eigenvalue weighted by molar-refractivity contribution is 7.90. The fraction of sp³-hybridized carbons (Fsp3) is 0.150. The van der Waals surface area contributed by atoms with Crippen LogP contribution in [0.15, 0.2) is 53.8 Å². The molecule has 30 heavy (non-hydrogen) atoms. The molecule has 0 spiro atoms. The minimum atomic E-state index is -3.40. The standard InChI is InChI=1S/C20H17F2N5O2S/c1-30(28,29)16-7-17-13(8-25-20(17)26-11-16)6-12-2-5-18(27-19(12)22)24-10-15-4-3-14(21)9-23-15/h2-5,7-9,11H,6,10H2,1H3,(H,24,27)(H,25,26). The fourth-order valence-electron chi connectivity index (χ4n) is 2.98. The van der Waals surface area contributed by atoms with Gasteiger partial charge in [-0.2, -0.15) is 4.39 Å². The zero-order valence-electron chi connectivity index (χ0n) is 15.9. The molecule has 0 aliphatic heterocycles. The van der Waals surface area contributed by atoms with Crippen LogP contribution in [-0.4, -0.2) is 34.6 Å². The number of nitrogens with zero attached hydrogens (tertiary/aromatic N) is 3. The number of aromatic amines is 1. The normalized spacial score (nSPS) is 11.7. The number of nitrogens with one attached hydrogen (secondary N) is 2. The fourth-order valence-corrected chi connectivity index (χ4v) is 3.55. The molecule has 0 aromatic carbocycles. The van der Waals surface area contributed by atoms with Crippen LogP contribution in [0.5, 0.6) is 0 Å². The van der Waals surface area contributed by atoms with Crippen LogP contribution in [0, 0.1) is 11.8 Å². The van der Waals surface area contributed by atoms with Gasteiger partial charge in [-0.25, -0.2) is 22.8 Å². The quantitative estimate of drug-likeness (QED) is 0.457. The highest BCUT2D eigenvalue weighted by Crippen LogP contribution is 2.24. The molecule has 4 aromatic heterocycles. The molecule has 0 unspecified atom stereocenters. The number of H-pyrrole nitrogens is 1. The summed E-state index contributed by atoms with van der Waals surface area (Å²) in [5.41, 5.74) is 2.18. The van der Waals surface area contributed by atoms with E-state index in [0.29, 0.717) is 33.7 Å². The van der Waals surface area contributed by atoms with E-state index in [-0.39, 0.29) is 17.9 Å². The Labute approximate surface area is 171 Å². The summed E-state index contributed by atoms with van der Waals surface area (Å²) in [4.78, 5) is 15.0. The molecule has 0 saturated carbocycles. The Balaban J connectivity index is 1.53. The van der Waals surface area contributed by atoms with Gasteiger partial charge in [0.05, 0.1) is 23.3 Å². The molecule has 0 radical (unpaired) electrons. The minimum absolute atomic E-state index is 0.100. The van der Waals surface area contributed by atoms with Gasteiger partial charge in [-0.3, -0.25) is 4.98 Å². The van der Waals surface area contributed by atoms with Crippen LogP contribution in [0.25, 0.3) is 11.0 Å². The summed E-state index contributed by atoms with van der Waals surface area (Å²) < 4.78 is 51.0. The molecule has 154 valence electrons. The maximum atomic E-state index is 14.6. The second kappa shape index (κ2) is 7.79. The SMILES string of the molecule is CS(=O)(=O)c1cnc2[nH]cc(Cc3ccc(NCc4ccc(F)cn4)nc3F)c2c1. The average molecular weight is 429 g/mol. The van der Waals surface area contributed by atoms with E-state index < -0.39 is 21.6 Å². The van der Waals surface area contributed by atoms with E-state index in [1.807, 2.05) is 0 Å². The van der Waals surface area contributed by atoms with Gasteiger partial charge in [-0.1, -0.05) is 6.07 Å². The predicted molar refractivity (Wildman–Crippen MR) is 108 cm³/mol. The van der Waals surface area contributed by atoms with Crippen LogP contribution in [0.1, 0.15) is 16.8 Å². The molecule has 0 atom stereocenters. The third kappa shape index (κ3) is 4.28. The summed E-state index contributed by atoms with van der Waals surface area (Å²) in [6, 6.07) is 7.60. The van der Waals surface area contributed by atoms with Crippen molar-refractivity contribution in [2.24, 2.45) is 0 Å². The summed E-state index contributed by atoms with van der Waals surface area (Å²) in [5.74, 6) is -0.751. The first-order valence-corrected chi connectivity index (χ1v) is 10.8. The van der Waals surface area contributed by atoms with Gasteiger partial charge in [0, 0.05) is 36.0 Å². The van der Waals surface area contributed by atoms with Crippen LogP contribution >= 0.6 is 0 Å². The zero-order valence-corrected chi connectivity index (χ0v) is 16.7. The van der Waals surface area contributed by atoms with E-state index in [0.717, 1.165) is 12.5 Å². The average Bonchev–Trinajstić information content (AvgIpc) is 3.11. The summed E-state index contributed by atoms with van der Waals surface area (Å²) >= 11 is 0. The number of anilines is 1. The smallest absolute Gasteiger partial charge is 0.218 e. The van der Waals surface area contributed by atoms with Crippen molar-refractivity contribution in [2.45, 2.75) is 17.9 Å². The molecule has 0 saturated heterocycles. The molecule has 4 rings (SSSR count). The van der Waals surface area contributed by atoms with Gasteiger partial charge in [0.1, 0.15) is 17.3 Å². The van der Waals surface area contributed by atoms with Crippen LogP contribution < -0.4 is 5.32 Å². The Morgan fingerprint density at radius 2 is 1.90 bits per heavy atom. The van der Waals surface area contributed by atoms with Gasteiger partial charge < -0.3 is 10.3 Å². The summed E-state index contributed by atoms with van der Waals surface area (Å²) in [6.45, 7) is 0.272. The second-order valence-electron chi connectivity index (χ2n) is 6.80. The van der Waals surface area contributed by atoms with Crippen molar-refractivity contribution in [1.82, 2.24) is 19.9 Å². The van der Waals surface area contributed by atoms with Gasteiger partial charge >= 0.3 is 0 Å². The lowest BCUT2D eigenvalue weighted by molar-refractivity contribution is 0.571. The maximum absolute atomic E-state index is 14.6. The zero-order chi connectivity index (χ0) is 21.3. The molecule has 10 heteroatoms. The van der Waals surface area contributed by atoms with E-state index in [9.17, 15) is 17.2 Å². The molecule has 0 bridgehead atoms. The molecule has 7 nitrogen and oxygen atoms in total. The summed E-state index contributed by atoms with van der Waals surface area (Å²) in [6.07, 6.45) is 5.40. The number of rotatable bonds is 6. The lowest BCUT2D eigenvalue weighted by Gasteiger charge is -2.08. The van der Waals surface area contributed by atoms with Crippen LogP contribution in [0.3, 0.4) is 0 Å². The summed E-state index contributed by atoms with van der Waals surface area (Å²) in [5, 5.41) is 3.55. The van der Waals surface area contributed by atoms with E-state index in [1.54, 1.807) is 18.3 Å². The van der Waals surface area contributed by atoms with E-state index in [2.05, 4.69) is 25.3 Å².